The second-order valence-electron chi connectivity index (χ2n) is 9.04. The molecule has 206 valence electrons. The molecule has 13 nitrogen and oxygen atoms in total. The molecular weight excluding hydrogens is 532 g/mol. The maximum atomic E-state index is 12.2. The molecule has 0 heterocycles. The Labute approximate surface area is 201 Å². The Bertz CT molecular complexity index is 799. The zero-order valence-corrected chi connectivity index (χ0v) is 24.1. The third kappa shape index (κ3) is 12.2. The molecule has 0 aromatic carbocycles. The zero-order valence-electron chi connectivity index (χ0n) is 20.5. The monoisotopic (exact) mass is 574 g/mol. The van der Waals surface area contributed by atoms with Gasteiger partial charge in [-0.3, -0.25) is 28.1 Å². The van der Waals surface area contributed by atoms with Crippen molar-refractivity contribution in [1.29, 1.82) is 0 Å². The van der Waals surface area contributed by atoms with Gasteiger partial charge in [-0.25, -0.2) is 0 Å². The third-order valence-corrected chi connectivity index (χ3v) is 9.75. The summed E-state index contributed by atoms with van der Waals surface area (Å²) in [7, 11) is -17.6. The minimum absolute atomic E-state index is 0.0639. The lowest BCUT2D eigenvalue weighted by molar-refractivity contribution is 0.0516. The van der Waals surface area contributed by atoms with E-state index in [-0.39, 0.29) is 25.8 Å². The average Bonchev–Trinajstić information content (AvgIpc) is 2.62. The lowest BCUT2D eigenvalue weighted by atomic mass is 9.86. The predicted octanol–water partition coefficient (Wildman–Crippen LogP) is 2.40. The highest BCUT2D eigenvalue weighted by Crippen LogP contribution is 2.49. The van der Waals surface area contributed by atoms with Crippen molar-refractivity contribution in [2.75, 3.05) is 38.2 Å². The molecule has 0 radical (unpaired) electrons. The van der Waals surface area contributed by atoms with Crippen LogP contribution in [0.15, 0.2) is 0 Å². The average molecular weight is 574 g/mol. The molecule has 0 saturated carbocycles. The fraction of sp³-hybridized carbons (Fsp3) is 1.00. The summed E-state index contributed by atoms with van der Waals surface area (Å²) in [5.74, 6) is 0. The van der Waals surface area contributed by atoms with Crippen molar-refractivity contribution in [2.45, 2.75) is 70.9 Å². The van der Waals surface area contributed by atoms with Crippen molar-refractivity contribution in [1.82, 2.24) is 9.80 Å². The first kappa shape index (κ1) is 34.6. The molecule has 0 bridgehead atoms. The van der Waals surface area contributed by atoms with Crippen LogP contribution in [-0.4, -0.2) is 93.4 Å². The Hall–Kier alpha value is 0.560. The molecule has 1 atom stereocenters. The first-order chi connectivity index (χ1) is 15.1. The summed E-state index contributed by atoms with van der Waals surface area (Å²) in [6.07, 6.45) is -1.58. The number of hydrogen-bond donors (Lipinski definition) is 7. The second kappa shape index (κ2) is 12.9. The molecule has 34 heavy (non-hydrogen) atoms. The van der Waals surface area contributed by atoms with Crippen molar-refractivity contribution in [3.63, 3.8) is 0 Å². The van der Waals surface area contributed by atoms with Gasteiger partial charge in [0.15, 0.2) is 0 Å². The van der Waals surface area contributed by atoms with Crippen LogP contribution in [-0.2, 0) is 18.3 Å². The summed E-state index contributed by atoms with van der Waals surface area (Å²) in [5.41, 5.74) is -2.25. The van der Waals surface area contributed by atoms with Gasteiger partial charge >= 0.3 is 22.8 Å². The largest absolute Gasteiger partial charge is 0.344 e. The van der Waals surface area contributed by atoms with Crippen LogP contribution in [0.3, 0.4) is 0 Å². The van der Waals surface area contributed by atoms with E-state index in [0.717, 1.165) is 6.66 Å². The van der Waals surface area contributed by atoms with E-state index < -0.39 is 66.3 Å². The highest BCUT2D eigenvalue weighted by molar-refractivity contribution is 7.57. The van der Waals surface area contributed by atoms with Crippen LogP contribution in [0.5, 0.6) is 0 Å². The Morgan fingerprint density at radius 2 is 0.971 bits per heavy atom. The van der Waals surface area contributed by atoms with E-state index in [2.05, 4.69) is 0 Å². The fourth-order valence-corrected chi connectivity index (χ4v) is 8.86. The zero-order chi connectivity index (χ0) is 27.2. The summed E-state index contributed by atoms with van der Waals surface area (Å²) in [6, 6.07) is 0. The first-order valence-corrected chi connectivity index (χ1v) is 18.7. The van der Waals surface area contributed by atoms with Crippen LogP contribution in [0, 0.1) is 0 Å². The van der Waals surface area contributed by atoms with E-state index in [9.17, 15) is 52.5 Å². The van der Waals surface area contributed by atoms with Gasteiger partial charge in [-0.15, -0.1) is 0 Å². The molecule has 0 amide bonds. The van der Waals surface area contributed by atoms with Gasteiger partial charge in [-0.2, -0.15) is 0 Å². The van der Waals surface area contributed by atoms with Gasteiger partial charge < -0.3 is 34.3 Å². The molecule has 0 spiro atoms. The van der Waals surface area contributed by atoms with Crippen LogP contribution < -0.4 is 0 Å². The predicted molar refractivity (Wildman–Crippen MR) is 131 cm³/mol. The molecule has 17 heteroatoms. The molecule has 0 aliphatic rings. The van der Waals surface area contributed by atoms with E-state index in [1.807, 2.05) is 0 Å². The molecule has 0 aliphatic carbocycles. The minimum atomic E-state index is -4.65. The highest BCUT2D eigenvalue weighted by atomic mass is 31.2. The van der Waals surface area contributed by atoms with Gasteiger partial charge in [0.05, 0.1) is 12.4 Å². The van der Waals surface area contributed by atoms with Crippen LogP contribution in [0.25, 0.3) is 0 Å². The van der Waals surface area contributed by atoms with Crippen LogP contribution in [0.4, 0.5) is 0 Å². The molecule has 0 fully saturated rings. The number of rotatable bonds is 17. The maximum Gasteiger partial charge on any atom is 0.339 e. The summed E-state index contributed by atoms with van der Waals surface area (Å²) < 4.78 is 47.8. The summed E-state index contributed by atoms with van der Waals surface area (Å²) in [5, 5.41) is 0. The van der Waals surface area contributed by atoms with E-state index in [4.69, 9.17) is 0 Å². The fourth-order valence-electron chi connectivity index (χ4n) is 4.52. The summed E-state index contributed by atoms with van der Waals surface area (Å²) in [6.45, 7) is 7.82. The summed E-state index contributed by atoms with van der Waals surface area (Å²) >= 11 is 0. The van der Waals surface area contributed by atoms with Gasteiger partial charge in [-0.05, 0) is 32.1 Å². The van der Waals surface area contributed by atoms with Gasteiger partial charge in [0.2, 0.25) is 7.37 Å². The number of nitrogens with zero attached hydrogens (tertiary/aromatic N) is 2. The van der Waals surface area contributed by atoms with Crippen LogP contribution in [0.1, 0.15) is 59.8 Å². The van der Waals surface area contributed by atoms with Crippen molar-refractivity contribution >= 4 is 30.2 Å². The van der Waals surface area contributed by atoms with E-state index in [0.29, 0.717) is 12.8 Å². The molecule has 0 aromatic heterocycles. The quantitative estimate of drug-likeness (QED) is 0.124. The molecule has 7 N–H and O–H groups in total. The smallest absolute Gasteiger partial charge is 0.339 e. The third-order valence-electron chi connectivity index (χ3n) is 6.46. The second-order valence-corrected chi connectivity index (χ2v) is 16.3. The van der Waals surface area contributed by atoms with Crippen LogP contribution in [0.2, 0.25) is 0 Å². The first-order valence-electron chi connectivity index (χ1n) is 11.0. The van der Waals surface area contributed by atoms with Gasteiger partial charge in [0.1, 0.15) is 12.6 Å². The lowest BCUT2D eigenvalue weighted by Gasteiger charge is -2.48. The van der Waals surface area contributed by atoms with Gasteiger partial charge in [0.25, 0.3) is 0 Å². The van der Waals surface area contributed by atoms with E-state index in [1.165, 1.54) is 9.80 Å². The molecule has 0 saturated heterocycles. The Morgan fingerprint density at radius 1 is 0.588 bits per heavy atom. The van der Waals surface area contributed by atoms with Crippen LogP contribution >= 0.6 is 30.2 Å². The number of hydrogen-bond acceptors (Lipinski definition) is 6. The van der Waals surface area contributed by atoms with Crippen molar-refractivity contribution in [3.8, 4) is 0 Å². The molecule has 0 aromatic rings. The molecular formula is C17H42N2O11P4. The van der Waals surface area contributed by atoms with E-state index >= 15 is 0 Å². The normalized spacial score (nSPS) is 16.3. The van der Waals surface area contributed by atoms with Crippen molar-refractivity contribution in [2.24, 2.45) is 0 Å². The molecule has 0 rings (SSSR count). The van der Waals surface area contributed by atoms with E-state index in [1.54, 1.807) is 27.7 Å². The molecule has 0 aliphatic heterocycles. The Kier molecular flexibility index (Phi) is 13.1. The summed E-state index contributed by atoms with van der Waals surface area (Å²) in [4.78, 5) is 70.5. The highest BCUT2D eigenvalue weighted by Gasteiger charge is 2.44. The topological polar surface area (TPSA) is 216 Å². The Morgan fingerprint density at radius 3 is 1.26 bits per heavy atom. The van der Waals surface area contributed by atoms with Gasteiger partial charge in [0, 0.05) is 24.3 Å². The maximum absolute atomic E-state index is 12.2. The minimum Gasteiger partial charge on any atom is -0.344 e. The lowest BCUT2D eigenvalue weighted by Crippen LogP contribution is -2.55. The van der Waals surface area contributed by atoms with Crippen molar-refractivity contribution in [3.05, 3.63) is 0 Å². The standard InChI is InChI=1S/C17H42N2O11P4/c1-6-16(7-2,19(13-31(5,20)21)15-34(28,29)30)10-11-18(14-33(25,26)27)17(8-3,9-4)12-32(22,23)24/h6-15H2,1-5H3,(H,20,21)(H2,22,23,24)(H2,25,26,27)(H2,28,29,30). The van der Waals surface area contributed by atoms with Crippen molar-refractivity contribution < 1.29 is 52.5 Å². The SMILES string of the molecule is CCC(CC)(CCN(CP(=O)(O)O)C(CC)(CC)CP(=O)(O)O)N(CP(C)(=O)O)CP(=O)(O)O. The van der Waals surface area contributed by atoms with Gasteiger partial charge in [-0.1, -0.05) is 27.7 Å². The molecule has 1 unspecified atom stereocenters. The Balaban J connectivity index is 6.44.